The van der Waals surface area contributed by atoms with E-state index in [-0.39, 0.29) is 31.6 Å². The molecule has 0 spiro atoms. The van der Waals surface area contributed by atoms with Crippen LogP contribution < -0.4 is 24.3 Å². The lowest BCUT2D eigenvalue weighted by Crippen LogP contribution is -2.48. The molecule has 0 bridgehead atoms. The van der Waals surface area contributed by atoms with E-state index < -0.39 is 29.9 Å². The van der Waals surface area contributed by atoms with Crippen molar-refractivity contribution in [2.75, 3.05) is 41.5 Å². The number of methoxy groups -OCH3 is 4. The number of halogens is 1. The first-order valence-corrected chi connectivity index (χ1v) is 15.5. The Balaban J connectivity index is 1.71. The van der Waals surface area contributed by atoms with E-state index in [2.05, 4.69) is 10.3 Å². The Morgan fingerprint density at radius 3 is 2.32 bits per heavy atom. The fourth-order valence-electron chi connectivity index (χ4n) is 5.44. The molecule has 3 aromatic rings. The van der Waals surface area contributed by atoms with Crippen LogP contribution in [0.1, 0.15) is 46.6 Å². The van der Waals surface area contributed by atoms with Gasteiger partial charge < -0.3 is 34.3 Å². The summed E-state index contributed by atoms with van der Waals surface area (Å²) < 4.78 is 22.3. The lowest BCUT2D eigenvalue weighted by molar-refractivity contribution is -0.131. The summed E-state index contributed by atoms with van der Waals surface area (Å²) in [4.78, 5) is 47.2. The van der Waals surface area contributed by atoms with Gasteiger partial charge in [-0.1, -0.05) is 30.7 Å². The monoisotopic (exact) mass is 684 g/mol. The third-order valence-corrected chi connectivity index (χ3v) is 8.54. The minimum Gasteiger partial charge on any atom is -0.496 e. The number of hydrogen-bond acceptors (Lipinski definition) is 9. The average molecular weight is 685 g/mol. The number of thiocarbonyl (C=S) groups is 1. The first-order valence-electron chi connectivity index (χ1n) is 14.7. The maximum absolute atomic E-state index is 14.2. The van der Waals surface area contributed by atoms with Gasteiger partial charge in [-0.25, -0.2) is 9.59 Å². The van der Waals surface area contributed by atoms with Crippen LogP contribution in [0.3, 0.4) is 0 Å². The molecule has 1 aliphatic heterocycles. The summed E-state index contributed by atoms with van der Waals surface area (Å²) in [7, 11) is 6.14. The van der Waals surface area contributed by atoms with Crippen LogP contribution in [0, 0.1) is 5.92 Å². The molecular formula is C33H37ClN4O8S. The number of rotatable bonds is 12. The zero-order valence-corrected chi connectivity index (χ0v) is 28.3. The molecule has 0 unspecified atom stereocenters. The van der Waals surface area contributed by atoms with Crippen molar-refractivity contribution in [1.29, 1.82) is 0 Å². The van der Waals surface area contributed by atoms with Crippen molar-refractivity contribution in [3.63, 3.8) is 0 Å². The summed E-state index contributed by atoms with van der Waals surface area (Å²) in [5, 5.41) is 12.8. The molecule has 0 saturated carbocycles. The van der Waals surface area contributed by atoms with Crippen molar-refractivity contribution < 1.29 is 38.4 Å². The first-order chi connectivity index (χ1) is 22.5. The standard InChI is InChI=1S/C33H37ClN4O8S/c1-6-25(26-13-19(32(40)41)9-10-35-26)36-33(42)38-18-30(47)37(17-24-28(45-4)14-23(43-2)15-29(24)46-5)16-21(31(38)39)11-20-12-22(34)7-8-27(20)44-3/h7-10,12-15,21,25H,6,11,16-18H2,1-5H3,(H,36,42)(H,40,41)/t21-,25-/m1/s1. The van der Waals surface area contributed by atoms with Crippen LogP contribution in [0.2, 0.25) is 5.02 Å². The normalized spacial score (nSPS) is 15.5. The predicted molar refractivity (Wildman–Crippen MR) is 179 cm³/mol. The zero-order valence-electron chi connectivity index (χ0n) is 26.7. The number of carbonyl (C=O) groups is 3. The van der Waals surface area contributed by atoms with Crippen LogP contribution >= 0.6 is 23.8 Å². The number of aromatic nitrogens is 1. The highest BCUT2D eigenvalue weighted by Gasteiger charge is 2.37. The molecule has 1 aromatic heterocycles. The van der Waals surface area contributed by atoms with Crippen molar-refractivity contribution in [2.45, 2.75) is 32.4 Å². The summed E-state index contributed by atoms with van der Waals surface area (Å²) in [5.74, 6) is -0.229. The van der Waals surface area contributed by atoms with Crippen LogP contribution in [0.5, 0.6) is 23.0 Å². The highest BCUT2D eigenvalue weighted by atomic mass is 35.5. The first kappa shape index (κ1) is 35.2. The van der Waals surface area contributed by atoms with Gasteiger partial charge in [0.15, 0.2) is 0 Å². The summed E-state index contributed by atoms with van der Waals surface area (Å²) in [5.41, 5.74) is 1.75. The van der Waals surface area contributed by atoms with Crippen molar-refractivity contribution in [1.82, 2.24) is 20.1 Å². The molecule has 12 nitrogen and oxygen atoms in total. The van der Waals surface area contributed by atoms with Gasteiger partial charge in [0.2, 0.25) is 5.91 Å². The number of imide groups is 1. The van der Waals surface area contributed by atoms with Gasteiger partial charge in [0.05, 0.1) is 75.3 Å². The fourth-order valence-corrected chi connectivity index (χ4v) is 5.90. The summed E-state index contributed by atoms with van der Waals surface area (Å²) in [6.45, 7) is 2.02. The molecule has 2 N–H and O–H groups in total. The van der Waals surface area contributed by atoms with Crippen LogP contribution in [-0.2, 0) is 17.8 Å². The Morgan fingerprint density at radius 1 is 1.04 bits per heavy atom. The van der Waals surface area contributed by atoms with E-state index in [4.69, 9.17) is 42.8 Å². The van der Waals surface area contributed by atoms with Gasteiger partial charge in [0, 0.05) is 29.9 Å². The maximum Gasteiger partial charge on any atom is 0.335 e. The molecule has 14 heteroatoms. The second kappa shape index (κ2) is 15.8. The average Bonchev–Trinajstić information content (AvgIpc) is 3.18. The molecule has 2 atom stereocenters. The number of amides is 3. The number of pyridine rings is 1. The lowest BCUT2D eigenvalue weighted by atomic mass is 9.96. The van der Waals surface area contributed by atoms with Gasteiger partial charge in [-0.2, -0.15) is 0 Å². The van der Waals surface area contributed by atoms with Gasteiger partial charge in [-0.3, -0.25) is 14.7 Å². The number of carbonyl (C=O) groups excluding carboxylic acids is 2. The van der Waals surface area contributed by atoms with E-state index in [1.54, 1.807) is 37.4 Å². The Morgan fingerprint density at radius 2 is 1.72 bits per heavy atom. The molecule has 0 radical (unpaired) electrons. The molecule has 4 rings (SSSR count). The highest BCUT2D eigenvalue weighted by molar-refractivity contribution is 7.80. The topological polar surface area (TPSA) is 140 Å². The quantitative estimate of drug-likeness (QED) is 0.245. The largest absolute Gasteiger partial charge is 0.496 e. The van der Waals surface area contributed by atoms with E-state index in [0.29, 0.717) is 56.3 Å². The summed E-state index contributed by atoms with van der Waals surface area (Å²) in [6.07, 6.45) is 1.95. The molecule has 47 heavy (non-hydrogen) atoms. The van der Waals surface area contributed by atoms with Crippen LogP contribution in [0.15, 0.2) is 48.7 Å². The van der Waals surface area contributed by atoms with Crippen molar-refractivity contribution in [3.05, 3.63) is 76.1 Å². The SMILES string of the molecule is CC[C@@H](NC(=O)N1CC(=S)N(Cc2c(OC)cc(OC)cc2OC)C[C@@H](Cc2cc(Cl)ccc2OC)C1=O)c1cc(C(=O)O)ccn1. The van der Waals surface area contributed by atoms with Crippen molar-refractivity contribution in [3.8, 4) is 23.0 Å². The minimum absolute atomic E-state index is 0.0327. The number of aromatic carboxylic acids is 1. The van der Waals surface area contributed by atoms with E-state index in [0.717, 1.165) is 4.90 Å². The third kappa shape index (κ3) is 8.22. The number of carboxylic acid groups (broad SMARTS) is 1. The van der Waals surface area contributed by atoms with E-state index in [9.17, 15) is 19.5 Å². The maximum atomic E-state index is 14.2. The number of hydrogen-bond donors (Lipinski definition) is 2. The number of carboxylic acids is 1. The van der Waals surface area contributed by atoms with E-state index >= 15 is 0 Å². The van der Waals surface area contributed by atoms with Crippen molar-refractivity contribution in [2.24, 2.45) is 5.92 Å². The van der Waals surface area contributed by atoms with Gasteiger partial charge in [0.25, 0.3) is 0 Å². The second-order valence-electron chi connectivity index (χ2n) is 10.8. The van der Waals surface area contributed by atoms with Crippen molar-refractivity contribution >= 4 is 46.7 Å². The Hall–Kier alpha value is -4.62. The van der Waals surface area contributed by atoms with Crippen LogP contribution in [0.4, 0.5) is 4.79 Å². The molecule has 250 valence electrons. The van der Waals surface area contributed by atoms with Crippen LogP contribution in [0.25, 0.3) is 0 Å². The molecule has 0 aliphatic carbocycles. The van der Waals surface area contributed by atoms with E-state index in [1.807, 2.05) is 11.8 Å². The number of nitrogens with zero attached hydrogens (tertiary/aromatic N) is 3. The molecule has 2 aromatic carbocycles. The summed E-state index contributed by atoms with van der Waals surface area (Å²) in [6, 6.07) is 10.0. The van der Waals surface area contributed by atoms with Gasteiger partial charge >= 0.3 is 12.0 Å². The molecule has 1 saturated heterocycles. The number of benzene rings is 2. The zero-order chi connectivity index (χ0) is 34.2. The fraction of sp³-hybridized carbons (Fsp3) is 0.364. The lowest BCUT2D eigenvalue weighted by Gasteiger charge is -2.27. The van der Waals surface area contributed by atoms with Gasteiger partial charge in [-0.05, 0) is 48.7 Å². The van der Waals surface area contributed by atoms with Gasteiger partial charge in [-0.15, -0.1) is 0 Å². The van der Waals surface area contributed by atoms with E-state index in [1.165, 1.54) is 39.7 Å². The number of urea groups is 1. The minimum atomic E-state index is -1.12. The molecule has 3 amide bonds. The van der Waals surface area contributed by atoms with Gasteiger partial charge in [0.1, 0.15) is 23.0 Å². The smallest absolute Gasteiger partial charge is 0.335 e. The van der Waals surface area contributed by atoms with Crippen LogP contribution in [-0.4, -0.2) is 84.3 Å². The second-order valence-corrected chi connectivity index (χ2v) is 11.7. The third-order valence-electron chi connectivity index (χ3n) is 7.91. The Bertz CT molecular complexity index is 1630. The number of ether oxygens (including phenoxy) is 4. The molecule has 1 fully saturated rings. The molecule has 2 heterocycles. The Labute approximate surface area is 283 Å². The number of nitrogens with one attached hydrogen (secondary N) is 1. The predicted octanol–water partition coefficient (Wildman–Crippen LogP) is 5.16. The molecular weight excluding hydrogens is 648 g/mol. The molecule has 1 aliphatic rings. The summed E-state index contributed by atoms with van der Waals surface area (Å²) >= 11 is 12.2. The highest BCUT2D eigenvalue weighted by Crippen LogP contribution is 2.36. The Kier molecular flexibility index (Phi) is 11.8.